The van der Waals surface area contributed by atoms with Gasteiger partial charge in [0.05, 0.1) is 5.56 Å². The third-order valence-corrected chi connectivity index (χ3v) is 4.55. The van der Waals surface area contributed by atoms with Crippen molar-refractivity contribution in [3.8, 4) is 17.6 Å². The van der Waals surface area contributed by atoms with Crippen LogP contribution in [-0.4, -0.2) is 16.4 Å². The fourth-order valence-electron chi connectivity index (χ4n) is 2.37. The van der Waals surface area contributed by atoms with Crippen LogP contribution in [0.5, 0.6) is 11.5 Å². The molecule has 1 aliphatic carbocycles. The molecule has 4 nitrogen and oxygen atoms in total. The van der Waals surface area contributed by atoms with Gasteiger partial charge in [-0.15, -0.1) is 11.3 Å². The Morgan fingerprint density at radius 1 is 1.30 bits per heavy atom. The van der Waals surface area contributed by atoms with Crippen LogP contribution in [0.3, 0.4) is 0 Å². The number of phenolic OH excluding ortho intramolecular Hbond substituents is 2. The molecule has 20 heavy (non-hydrogen) atoms. The van der Waals surface area contributed by atoms with E-state index in [9.17, 15) is 15.5 Å². The number of benzene rings is 1. The summed E-state index contributed by atoms with van der Waals surface area (Å²) < 4.78 is 0. The first kappa shape index (κ1) is 12.7. The van der Waals surface area contributed by atoms with E-state index in [-0.39, 0.29) is 11.5 Å². The Labute approximate surface area is 120 Å². The third-order valence-electron chi connectivity index (χ3n) is 3.35. The highest BCUT2D eigenvalue weighted by molar-refractivity contribution is 7.16. The lowest BCUT2D eigenvalue weighted by Gasteiger charge is -1.99. The van der Waals surface area contributed by atoms with Gasteiger partial charge in [-0.3, -0.25) is 0 Å². The SMILES string of the molecule is N#Cc1c(/N=C/c2ccc(O)cc2O)sc2c1CCC2. The van der Waals surface area contributed by atoms with Crippen LogP contribution in [0, 0.1) is 11.3 Å². The lowest BCUT2D eigenvalue weighted by atomic mass is 10.1. The Bertz CT molecular complexity index is 741. The molecule has 2 N–H and O–H groups in total. The molecular weight excluding hydrogens is 272 g/mol. The maximum atomic E-state index is 9.70. The number of hydrogen-bond acceptors (Lipinski definition) is 5. The first-order valence-electron chi connectivity index (χ1n) is 6.29. The molecule has 0 saturated heterocycles. The van der Waals surface area contributed by atoms with Gasteiger partial charge in [0, 0.05) is 22.7 Å². The number of nitrogens with zero attached hydrogens (tertiary/aromatic N) is 2. The molecular formula is C15H12N2O2S. The maximum Gasteiger partial charge on any atom is 0.134 e. The molecule has 1 heterocycles. The van der Waals surface area contributed by atoms with Gasteiger partial charge in [0.2, 0.25) is 0 Å². The van der Waals surface area contributed by atoms with Crippen LogP contribution in [0.2, 0.25) is 0 Å². The number of aliphatic imine (C=N–C) groups is 1. The monoisotopic (exact) mass is 284 g/mol. The number of aromatic hydroxyl groups is 2. The lowest BCUT2D eigenvalue weighted by Crippen LogP contribution is -1.83. The summed E-state index contributed by atoms with van der Waals surface area (Å²) >= 11 is 1.55. The van der Waals surface area contributed by atoms with Gasteiger partial charge < -0.3 is 10.2 Å². The van der Waals surface area contributed by atoms with Crippen LogP contribution in [0.15, 0.2) is 23.2 Å². The standard InChI is InChI=1S/C15H12N2O2S/c16-7-12-11-2-1-3-14(11)20-15(12)17-8-9-4-5-10(18)6-13(9)19/h4-6,8,18-19H,1-3H2/b17-8+. The minimum atomic E-state index is -0.0312. The summed E-state index contributed by atoms with van der Waals surface area (Å²) in [4.78, 5) is 5.58. The molecule has 1 aliphatic rings. The maximum absolute atomic E-state index is 9.70. The summed E-state index contributed by atoms with van der Waals surface area (Å²) in [5, 5.41) is 28.9. The van der Waals surface area contributed by atoms with Gasteiger partial charge >= 0.3 is 0 Å². The van der Waals surface area contributed by atoms with Crippen LogP contribution in [0.4, 0.5) is 5.00 Å². The van der Waals surface area contributed by atoms with Crippen LogP contribution in [0.25, 0.3) is 0 Å². The molecule has 0 saturated carbocycles. The quantitative estimate of drug-likeness (QED) is 0.831. The van der Waals surface area contributed by atoms with Crippen LogP contribution < -0.4 is 0 Å². The van der Waals surface area contributed by atoms with Crippen molar-refractivity contribution < 1.29 is 10.2 Å². The topological polar surface area (TPSA) is 76.6 Å². The van der Waals surface area contributed by atoms with E-state index >= 15 is 0 Å². The molecule has 0 radical (unpaired) electrons. The molecule has 3 rings (SSSR count). The fraction of sp³-hybridized carbons (Fsp3) is 0.200. The number of rotatable bonds is 2. The van der Waals surface area contributed by atoms with E-state index in [1.54, 1.807) is 17.4 Å². The molecule has 0 atom stereocenters. The van der Waals surface area contributed by atoms with Crippen molar-refractivity contribution in [1.29, 1.82) is 5.26 Å². The number of thiophene rings is 1. The Balaban J connectivity index is 1.95. The second-order valence-electron chi connectivity index (χ2n) is 4.65. The Morgan fingerprint density at radius 3 is 2.90 bits per heavy atom. The van der Waals surface area contributed by atoms with E-state index in [0.29, 0.717) is 16.1 Å². The third kappa shape index (κ3) is 2.15. The Kier molecular flexibility index (Phi) is 3.17. The summed E-state index contributed by atoms with van der Waals surface area (Å²) in [7, 11) is 0. The van der Waals surface area contributed by atoms with E-state index in [1.807, 2.05) is 0 Å². The van der Waals surface area contributed by atoms with Crippen molar-refractivity contribution in [2.45, 2.75) is 19.3 Å². The van der Waals surface area contributed by atoms with Gasteiger partial charge in [-0.05, 0) is 37.0 Å². The Morgan fingerprint density at radius 2 is 2.15 bits per heavy atom. The number of phenols is 2. The van der Waals surface area contributed by atoms with Crippen molar-refractivity contribution in [3.05, 3.63) is 39.8 Å². The summed E-state index contributed by atoms with van der Waals surface area (Å²) in [6.45, 7) is 0. The van der Waals surface area contributed by atoms with Gasteiger partial charge in [0.15, 0.2) is 0 Å². The minimum absolute atomic E-state index is 0.00691. The lowest BCUT2D eigenvalue weighted by molar-refractivity contribution is 0.450. The first-order valence-corrected chi connectivity index (χ1v) is 7.11. The van der Waals surface area contributed by atoms with Crippen molar-refractivity contribution in [3.63, 3.8) is 0 Å². The molecule has 2 aromatic rings. The molecule has 1 aromatic heterocycles. The van der Waals surface area contributed by atoms with E-state index in [0.717, 1.165) is 24.8 Å². The zero-order valence-corrected chi connectivity index (χ0v) is 11.4. The van der Waals surface area contributed by atoms with Crippen molar-refractivity contribution in [2.75, 3.05) is 0 Å². The van der Waals surface area contributed by atoms with Crippen LogP contribution in [-0.2, 0) is 12.8 Å². The summed E-state index contributed by atoms with van der Waals surface area (Å²) in [6.07, 6.45) is 4.61. The largest absolute Gasteiger partial charge is 0.508 e. The van der Waals surface area contributed by atoms with Gasteiger partial charge in [-0.2, -0.15) is 5.26 Å². The number of nitriles is 1. The highest BCUT2D eigenvalue weighted by atomic mass is 32.1. The molecule has 0 spiro atoms. The van der Waals surface area contributed by atoms with E-state index in [1.165, 1.54) is 23.2 Å². The molecule has 0 bridgehead atoms. The highest BCUT2D eigenvalue weighted by Crippen LogP contribution is 2.40. The molecule has 0 amide bonds. The van der Waals surface area contributed by atoms with E-state index in [4.69, 9.17) is 0 Å². The second-order valence-corrected chi connectivity index (χ2v) is 5.73. The first-order chi connectivity index (χ1) is 9.69. The van der Waals surface area contributed by atoms with E-state index in [2.05, 4.69) is 11.1 Å². The minimum Gasteiger partial charge on any atom is -0.508 e. The number of aryl methyl sites for hydroxylation is 1. The average Bonchev–Trinajstić information content (AvgIpc) is 2.97. The molecule has 0 fully saturated rings. The molecule has 0 aliphatic heterocycles. The van der Waals surface area contributed by atoms with Gasteiger partial charge in [0.25, 0.3) is 0 Å². The van der Waals surface area contributed by atoms with Crippen molar-refractivity contribution in [1.82, 2.24) is 0 Å². The Hall–Kier alpha value is -2.32. The zero-order valence-electron chi connectivity index (χ0n) is 10.6. The molecule has 1 aromatic carbocycles. The smallest absolute Gasteiger partial charge is 0.134 e. The molecule has 100 valence electrons. The summed E-state index contributed by atoms with van der Waals surface area (Å²) in [6, 6.07) is 6.57. The normalized spacial score (nSPS) is 13.6. The zero-order chi connectivity index (χ0) is 14.1. The van der Waals surface area contributed by atoms with Crippen molar-refractivity contribution >= 4 is 22.6 Å². The van der Waals surface area contributed by atoms with Gasteiger partial charge in [-0.25, -0.2) is 4.99 Å². The number of hydrogen-bond donors (Lipinski definition) is 2. The summed E-state index contributed by atoms with van der Waals surface area (Å²) in [5.41, 5.74) is 2.32. The number of fused-ring (bicyclic) bond motifs is 1. The van der Waals surface area contributed by atoms with E-state index < -0.39 is 0 Å². The molecule has 5 heteroatoms. The predicted octanol–water partition coefficient (Wildman–Crippen LogP) is 3.27. The van der Waals surface area contributed by atoms with Crippen LogP contribution >= 0.6 is 11.3 Å². The van der Waals surface area contributed by atoms with Gasteiger partial charge in [-0.1, -0.05) is 0 Å². The highest BCUT2D eigenvalue weighted by Gasteiger charge is 2.21. The fourth-order valence-corrected chi connectivity index (χ4v) is 3.55. The summed E-state index contributed by atoms with van der Waals surface area (Å²) in [5.74, 6) is -0.0242. The second kappa shape index (κ2) is 4.99. The molecule has 0 unspecified atom stereocenters. The average molecular weight is 284 g/mol. The van der Waals surface area contributed by atoms with Crippen LogP contribution in [0.1, 0.15) is 28.0 Å². The predicted molar refractivity (Wildman–Crippen MR) is 78.1 cm³/mol. The van der Waals surface area contributed by atoms with Gasteiger partial charge in [0.1, 0.15) is 22.6 Å². The van der Waals surface area contributed by atoms with Crippen molar-refractivity contribution in [2.24, 2.45) is 4.99 Å².